The third-order valence-corrected chi connectivity index (χ3v) is 8.49. The summed E-state index contributed by atoms with van der Waals surface area (Å²) < 4.78 is 29.7. The standard InChI is InChI=1S/C25H41N7O5S.C2H4O2/c1-18-16-19-6-4-8-21(23(19)29-17-18)38(36,37)30-20(7-5-10-28-25(26)27)24(35)32-14-12-31(13-15-32)11-3-2-9-22(33)34;1-2(3)4/h4,6,8,18,20,29-30H,2-3,5,7,9-17H2,1H3,(H,33,34)(H4,26,27,28);1H3,(H,3,4)/t18-,20?;/m0./s1. The molecule has 1 aromatic carbocycles. The molecular formula is C27H45N7O7S. The normalized spacial score (nSPS) is 17.6. The third-order valence-electron chi connectivity index (χ3n) is 6.98. The number of fused-ring (bicyclic) bond motifs is 1. The fourth-order valence-electron chi connectivity index (χ4n) is 4.93. The summed E-state index contributed by atoms with van der Waals surface area (Å²) in [5.41, 5.74) is 6.89. The number of sulfonamides is 1. The van der Waals surface area contributed by atoms with Crippen LogP contribution in [0.3, 0.4) is 0 Å². The fourth-order valence-corrected chi connectivity index (χ4v) is 6.38. The Balaban J connectivity index is 0.00000144. The number of hydrogen-bond acceptors (Lipinski definition) is 8. The summed E-state index contributed by atoms with van der Waals surface area (Å²) in [7, 11) is -3.99. The molecule has 1 unspecified atom stereocenters. The fraction of sp³-hybridized carbons (Fsp3) is 0.630. The van der Waals surface area contributed by atoms with Crippen LogP contribution < -0.4 is 21.1 Å². The number of carboxylic acids is 2. The summed E-state index contributed by atoms with van der Waals surface area (Å²) in [5, 5.41) is 29.5. The Kier molecular flexibility index (Phi) is 14.0. The number of nitrogens with two attached hydrogens (primary N) is 1. The van der Waals surface area contributed by atoms with Gasteiger partial charge in [0.15, 0.2) is 5.96 Å². The Hall–Kier alpha value is -3.43. The highest BCUT2D eigenvalue weighted by Gasteiger charge is 2.32. The number of carbonyl (C=O) groups is 3. The van der Waals surface area contributed by atoms with E-state index in [0.717, 1.165) is 31.9 Å². The van der Waals surface area contributed by atoms with Gasteiger partial charge in [0.05, 0.1) is 5.69 Å². The van der Waals surface area contributed by atoms with Crippen molar-refractivity contribution in [3.63, 3.8) is 0 Å². The number of rotatable bonds is 13. The van der Waals surface area contributed by atoms with Gasteiger partial charge < -0.3 is 31.5 Å². The zero-order valence-corrected chi connectivity index (χ0v) is 25.2. The van der Waals surface area contributed by atoms with Gasteiger partial charge in [-0.1, -0.05) is 19.1 Å². The number of amides is 1. The molecule has 1 fully saturated rings. The Bertz CT molecular complexity index is 1180. The van der Waals surface area contributed by atoms with Crippen molar-refractivity contribution < 1.29 is 33.0 Å². The summed E-state index contributed by atoms with van der Waals surface area (Å²) in [4.78, 5) is 37.3. The lowest BCUT2D eigenvalue weighted by atomic mass is 9.96. The largest absolute Gasteiger partial charge is 0.481 e. The molecule has 0 aromatic heterocycles. The van der Waals surface area contributed by atoms with Gasteiger partial charge in [-0.25, -0.2) is 8.42 Å². The number of aliphatic carboxylic acids is 2. The molecule has 15 heteroatoms. The van der Waals surface area contributed by atoms with Crippen molar-refractivity contribution in [2.45, 2.75) is 63.3 Å². The van der Waals surface area contributed by atoms with Gasteiger partial charge in [-0.15, -0.1) is 0 Å². The lowest BCUT2D eigenvalue weighted by Gasteiger charge is -2.36. The molecule has 2 aliphatic rings. The quantitative estimate of drug-likeness (QED) is 0.0935. The molecule has 2 heterocycles. The summed E-state index contributed by atoms with van der Waals surface area (Å²) in [6, 6.07) is 4.27. The number of guanidine groups is 1. The number of para-hydroxylation sites is 1. The molecule has 2 atom stereocenters. The van der Waals surface area contributed by atoms with E-state index in [9.17, 15) is 18.0 Å². The summed E-state index contributed by atoms with van der Waals surface area (Å²) >= 11 is 0. The second-order valence-electron chi connectivity index (χ2n) is 10.7. The molecule has 1 amide bonds. The summed E-state index contributed by atoms with van der Waals surface area (Å²) in [6.07, 6.45) is 3.03. The lowest BCUT2D eigenvalue weighted by molar-refractivity contribution is -0.137. The van der Waals surface area contributed by atoms with E-state index in [-0.39, 0.29) is 29.6 Å². The number of piperazine rings is 1. The molecule has 8 N–H and O–H groups in total. The molecule has 1 saturated heterocycles. The Morgan fingerprint density at radius 1 is 1.14 bits per heavy atom. The van der Waals surface area contributed by atoms with E-state index in [1.165, 1.54) is 0 Å². The van der Waals surface area contributed by atoms with Crippen molar-refractivity contribution in [2.75, 3.05) is 51.1 Å². The molecule has 0 radical (unpaired) electrons. The molecule has 0 saturated carbocycles. The smallest absolute Gasteiger partial charge is 0.303 e. The van der Waals surface area contributed by atoms with Crippen LogP contribution in [0.4, 0.5) is 5.69 Å². The number of anilines is 1. The van der Waals surface area contributed by atoms with Crippen LogP contribution in [-0.4, -0.2) is 104 Å². The van der Waals surface area contributed by atoms with E-state index >= 15 is 0 Å². The van der Waals surface area contributed by atoms with Crippen LogP contribution in [-0.2, 0) is 30.8 Å². The molecule has 2 aliphatic heterocycles. The first-order valence-corrected chi connectivity index (χ1v) is 15.7. The monoisotopic (exact) mass is 611 g/mol. The maximum atomic E-state index is 13.5. The van der Waals surface area contributed by atoms with Gasteiger partial charge in [0.2, 0.25) is 15.9 Å². The maximum absolute atomic E-state index is 13.5. The molecule has 0 bridgehead atoms. The minimum absolute atomic E-state index is 0.146. The SMILES string of the molecule is CC(=O)O.C[C@@H]1CNc2c(cccc2S(=O)(=O)NC(CCCNC(=N)N)C(=O)N2CCN(CCCCC(=O)O)CC2)C1. The maximum Gasteiger partial charge on any atom is 0.303 e. The van der Waals surface area contributed by atoms with Gasteiger partial charge in [0.25, 0.3) is 5.97 Å². The van der Waals surface area contributed by atoms with Crippen molar-refractivity contribution in [2.24, 2.45) is 11.7 Å². The van der Waals surface area contributed by atoms with Crippen LogP contribution in [0.15, 0.2) is 23.1 Å². The Morgan fingerprint density at radius 3 is 2.43 bits per heavy atom. The zero-order chi connectivity index (χ0) is 31.3. The number of nitrogens with zero attached hydrogens (tertiary/aromatic N) is 2. The van der Waals surface area contributed by atoms with E-state index in [1.807, 2.05) is 6.07 Å². The Morgan fingerprint density at radius 2 is 1.81 bits per heavy atom. The lowest BCUT2D eigenvalue weighted by Crippen LogP contribution is -2.55. The minimum atomic E-state index is -3.99. The topological polar surface area (TPSA) is 218 Å². The van der Waals surface area contributed by atoms with Crippen molar-refractivity contribution >= 4 is 39.5 Å². The molecule has 236 valence electrons. The van der Waals surface area contributed by atoms with Crippen LogP contribution in [0.25, 0.3) is 0 Å². The average molecular weight is 612 g/mol. The number of nitrogens with one attached hydrogen (secondary N) is 4. The van der Waals surface area contributed by atoms with Gasteiger partial charge >= 0.3 is 5.97 Å². The number of unbranched alkanes of at least 4 members (excludes halogenated alkanes) is 1. The first-order chi connectivity index (χ1) is 19.8. The van der Waals surface area contributed by atoms with Crippen molar-refractivity contribution in [3.05, 3.63) is 23.8 Å². The van der Waals surface area contributed by atoms with E-state index in [0.29, 0.717) is 63.7 Å². The van der Waals surface area contributed by atoms with Crippen molar-refractivity contribution in [3.8, 4) is 0 Å². The van der Waals surface area contributed by atoms with E-state index in [4.69, 9.17) is 26.2 Å². The molecule has 0 spiro atoms. The first-order valence-electron chi connectivity index (χ1n) is 14.2. The highest BCUT2D eigenvalue weighted by atomic mass is 32.2. The van der Waals surface area contributed by atoms with Crippen LogP contribution in [0.2, 0.25) is 0 Å². The Labute approximate surface area is 247 Å². The van der Waals surface area contributed by atoms with E-state index in [1.54, 1.807) is 17.0 Å². The summed E-state index contributed by atoms with van der Waals surface area (Å²) in [6.45, 7) is 7.24. The second-order valence-corrected chi connectivity index (χ2v) is 12.4. The van der Waals surface area contributed by atoms with Crippen LogP contribution in [0.5, 0.6) is 0 Å². The second kappa shape index (κ2) is 16.9. The molecular weight excluding hydrogens is 566 g/mol. The number of benzene rings is 1. The molecule has 1 aromatic rings. The molecule has 3 rings (SSSR count). The number of hydrogen-bond donors (Lipinski definition) is 7. The number of carboxylic acid groups (broad SMARTS) is 2. The zero-order valence-electron chi connectivity index (χ0n) is 24.4. The predicted molar refractivity (Wildman–Crippen MR) is 159 cm³/mol. The molecule has 0 aliphatic carbocycles. The van der Waals surface area contributed by atoms with E-state index < -0.39 is 28.0 Å². The first kappa shape index (κ1) is 34.8. The van der Waals surface area contributed by atoms with Gasteiger partial charge in [-0.05, 0) is 56.2 Å². The van der Waals surface area contributed by atoms with Crippen LogP contribution in [0.1, 0.15) is 51.5 Å². The number of carbonyl (C=O) groups excluding carboxylic acids is 1. The van der Waals surface area contributed by atoms with Gasteiger partial charge in [-0.3, -0.25) is 24.7 Å². The van der Waals surface area contributed by atoms with Crippen molar-refractivity contribution in [1.82, 2.24) is 19.8 Å². The highest BCUT2D eigenvalue weighted by Crippen LogP contribution is 2.31. The third kappa shape index (κ3) is 11.8. The van der Waals surface area contributed by atoms with Gasteiger partial charge in [0, 0.05) is 52.6 Å². The van der Waals surface area contributed by atoms with Gasteiger partial charge in [0.1, 0.15) is 10.9 Å². The minimum Gasteiger partial charge on any atom is -0.481 e. The highest BCUT2D eigenvalue weighted by molar-refractivity contribution is 7.89. The predicted octanol–water partition coefficient (Wildman–Crippen LogP) is 0.691. The average Bonchev–Trinajstić information content (AvgIpc) is 2.91. The van der Waals surface area contributed by atoms with Crippen molar-refractivity contribution in [1.29, 1.82) is 5.41 Å². The summed E-state index contributed by atoms with van der Waals surface area (Å²) in [5.74, 6) is -1.68. The van der Waals surface area contributed by atoms with E-state index in [2.05, 4.69) is 27.2 Å². The van der Waals surface area contributed by atoms with Crippen LogP contribution >= 0.6 is 0 Å². The molecule has 42 heavy (non-hydrogen) atoms. The van der Waals surface area contributed by atoms with Crippen LogP contribution in [0, 0.1) is 11.3 Å². The molecule has 14 nitrogen and oxygen atoms in total. The van der Waals surface area contributed by atoms with Gasteiger partial charge in [-0.2, -0.15) is 4.72 Å².